The minimum Gasteiger partial charge on any atom is -0.497 e. The first-order valence-electron chi connectivity index (χ1n) is 12.6. The zero-order valence-electron chi connectivity index (χ0n) is 21.3. The Bertz CT molecular complexity index is 1400. The van der Waals surface area contributed by atoms with E-state index in [-0.39, 0.29) is 23.3 Å². The van der Waals surface area contributed by atoms with Crippen LogP contribution in [0.4, 0.5) is 21.5 Å². The Balaban J connectivity index is 1.38. The molecule has 2 aliphatic rings. The van der Waals surface area contributed by atoms with Crippen molar-refractivity contribution in [3.8, 4) is 5.75 Å². The van der Waals surface area contributed by atoms with Crippen LogP contribution in [0.15, 0.2) is 72.8 Å². The topological polar surface area (TPSA) is 82.2 Å². The summed E-state index contributed by atoms with van der Waals surface area (Å²) >= 11 is 5.76. The highest BCUT2D eigenvalue weighted by atomic mass is 32.1. The van der Waals surface area contributed by atoms with Crippen LogP contribution in [0.2, 0.25) is 0 Å². The van der Waals surface area contributed by atoms with Gasteiger partial charge in [-0.3, -0.25) is 19.3 Å². The largest absolute Gasteiger partial charge is 0.497 e. The SMILES string of the molecule is COc1ccc(N2C(=O)[C@@H](CC(=O)Nc3ccc(F)cc3)N(Cc3ccc(N4CCCC4=O)cc3)C2=S)cc1. The Hall–Kier alpha value is -4.31. The molecule has 0 aromatic heterocycles. The fourth-order valence-corrected chi connectivity index (χ4v) is 5.19. The Morgan fingerprint density at radius 1 is 1.00 bits per heavy atom. The maximum absolute atomic E-state index is 13.7. The average Bonchev–Trinajstić information content (AvgIpc) is 3.46. The first-order valence-corrected chi connectivity index (χ1v) is 13.0. The maximum atomic E-state index is 13.7. The second-order valence-corrected chi connectivity index (χ2v) is 9.74. The van der Waals surface area contributed by atoms with Crippen LogP contribution in [0.5, 0.6) is 5.75 Å². The summed E-state index contributed by atoms with van der Waals surface area (Å²) in [5, 5.41) is 3.01. The number of ether oxygens (including phenoxy) is 1. The lowest BCUT2D eigenvalue weighted by atomic mass is 10.1. The molecule has 0 saturated carbocycles. The quantitative estimate of drug-likeness (QED) is 0.420. The molecule has 3 aromatic carbocycles. The van der Waals surface area contributed by atoms with Crippen LogP contribution >= 0.6 is 12.2 Å². The number of rotatable bonds is 8. The minimum atomic E-state index is -0.847. The van der Waals surface area contributed by atoms with Crippen LogP contribution in [0.3, 0.4) is 0 Å². The van der Waals surface area contributed by atoms with E-state index in [1.54, 1.807) is 41.2 Å². The van der Waals surface area contributed by atoms with Crippen LogP contribution in [-0.2, 0) is 20.9 Å². The number of hydrogen-bond donors (Lipinski definition) is 1. The molecule has 1 N–H and O–H groups in total. The van der Waals surface area contributed by atoms with Gasteiger partial charge >= 0.3 is 0 Å². The molecule has 3 amide bonds. The number of hydrogen-bond acceptors (Lipinski definition) is 5. The molecule has 2 heterocycles. The van der Waals surface area contributed by atoms with Crippen molar-refractivity contribution in [3.63, 3.8) is 0 Å². The van der Waals surface area contributed by atoms with Gasteiger partial charge in [-0.25, -0.2) is 4.39 Å². The molecule has 8 nitrogen and oxygen atoms in total. The van der Waals surface area contributed by atoms with Crippen molar-refractivity contribution in [2.24, 2.45) is 0 Å². The first kappa shape index (κ1) is 26.3. The number of anilines is 3. The summed E-state index contributed by atoms with van der Waals surface area (Å²) in [5.74, 6) is -0.381. The van der Waals surface area contributed by atoms with Gasteiger partial charge in [0, 0.05) is 30.9 Å². The highest BCUT2D eigenvalue weighted by Crippen LogP contribution is 2.31. The van der Waals surface area contributed by atoms with Crippen LogP contribution in [0, 0.1) is 5.82 Å². The van der Waals surface area contributed by atoms with Gasteiger partial charge in [0.1, 0.15) is 17.6 Å². The third-order valence-corrected chi connectivity index (χ3v) is 7.25. The second kappa shape index (κ2) is 11.2. The molecule has 3 aromatic rings. The molecule has 0 aliphatic carbocycles. The number of benzene rings is 3. The molecule has 200 valence electrons. The van der Waals surface area contributed by atoms with Gasteiger partial charge in [-0.2, -0.15) is 0 Å². The number of thiocarbonyl (C=S) groups is 1. The smallest absolute Gasteiger partial charge is 0.256 e. The predicted molar refractivity (Wildman–Crippen MR) is 150 cm³/mol. The van der Waals surface area contributed by atoms with Crippen LogP contribution < -0.4 is 19.9 Å². The molecule has 2 fully saturated rings. The molecule has 2 saturated heterocycles. The summed E-state index contributed by atoms with van der Waals surface area (Å²) in [5.41, 5.74) is 2.71. The molecular formula is C29H27FN4O4S. The van der Waals surface area contributed by atoms with E-state index < -0.39 is 17.8 Å². The van der Waals surface area contributed by atoms with E-state index in [9.17, 15) is 18.8 Å². The molecule has 10 heteroatoms. The van der Waals surface area contributed by atoms with E-state index in [1.807, 2.05) is 24.3 Å². The Kier molecular flexibility index (Phi) is 7.56. The summed E-state index contributed by atoms with van der Waals surface area (Å²) in [6.07, 6.45) is 1.24. The monoisotopic (exact) mass is 546 g/mol. The standard InChI is InChI=1S/C29H27FN4O4S/c1-38-24-14-12-23(13-15-24)34-28(37)25(17-26(35)31-21-8-6-20(30)7-9-21)33(29(34)39)18-19-4-10-22(11-5-19)32-16-2-3-27(32)36/h4-15,25H,2-3,16-18H2,1H3,(H,31,35)/t25-/m1/s1. The molecule has 5 rings (SSSR count). The van der Waals surface area contributed by atoms with Crippen molar-refractivity contribution < 1.29 is 23.5 Å². The summed E-state index contributed by atoms with van der Waals surface area (Å²) in [4.78, 5) is 43.7. The van der Waals surface area contributed by atoms with E-state index in [4.69, 9.17) is 17.0 Å². The summed E-state index contributed by atoms with van der Waals surface area (Å²) in [7, 11) is 1.56. The number of carbonyl (C=O) groups is 3. The van der Waals surface area contributed by atoms with E-state index in [1.165, 1.54) is 29.2 Å². The summed E-state index contributed by atoms with van der Waals surface area (Å²) in [6.45, 7) is 0.991. The second-order valence-electron chi connectivity index (χ2n) is 9.37. The summed E-state index contributed by atoms with van der Waals surface area (Å²) < 4.78 is 18.5. The van der Waals surface area contributed by atoms with Crippen molar-refractivity contribution in [1.82, 2.24) is 4.90 Å². The summed E-state index contributed by atoms with van der Waals surface area (Å²) in [6, 6.07) is 19.1. The number of halogens is 1. The molecule has 2 aliphatic heterocycles. The van der Waals surface area contributed by atoms with Gasteiger partial charge in [0.15, 0.2) is 5.11 Å². The van der Waals surface area contributed by atoms with Crippen molar-refractivity contribution in [2.45, 2.75) is 31.8 Å². The van der Waals surface area contributed by atoms with Crippen molar-refractivity contribution in [1.29, 1.82) is 0 Å². The fraction of sp³-hybridized carbons (Fsp3) is 0.241. The zero-order chi connectivity index (χ0) is 27.5. The van der Waals surface area contributed by atoms with Crippen molar-refractivity contribution >= 4 is 52.1 Å². The number of nitrogens with zero attached hydrogens (tertiary/aromatic N) is 3. The van der Waals surface area contributed by atoms with Crippen LogP contribution in [0.1, 0.15) is 24.8 Å². The third kappa shape index (κ3) is 5.61. The van der Waals surface area contributed by atoms with Gasteiger partial charge < -0.3 is 19.9 Å². The maximum Gasteiger partial charge on any atom is 0.256 e. The van der Waals surface area contributed by atoms with Crippen molar-refractivity contribution in [2.75, 3.05) is 28.8 Å². The fourth-order valence-electron chi connectivity index (χ4n) is 4.80. The first-order chi connectivity index (χ1) is 18.8. The molecular weight excluding hydrogens is 519 g/mol. The Labute approximate surface area is 231 Å². The lowest BCUT2D eigenvalue weighted by molar-refractivity contribution is -0.124. The van der Waals surface area contributed by atoms with Gasteiger partial charge in [0.2, 0.25) is 11.8 Å². The van der Waals surface area contributed by atoms with E-state index >= 15 is 0 Å². The number of carbonyl (C=O) groups excluding carboxylic acids is 3. The number of amides is 3. The Morgan fingerprint density at radius 2 is 1.67 bits per heavy atom. The average molecular weight is 547 g/mol. The lowest BCUT2D eigenvalue weighted by Crippen LogP contribution is -2.37. The third-order valence-electron chi connectivity index (χ3n) is 6.83. The van der Waals surface area contributed by atoms with Crippen LogP contribution in [-0.4, -0.2) is 47.4 Å². The van der Waals surface area contributed by atoms with E-state index in [2.05, 4.69) is 5.32 Å². The predicted octanol–water partition coefficient (Wildman–Crippen LogP) is 4.49. The number of methoxy groups -OCH3 is 1. The number of nitrogens with one attached hydrogen (secondary N) is 1. The molecule has 1 atom stereocenters. The minimum absolute atomic E-state index is 0.108. The van der Waals surface area contributed by atoms with Gasteiger partial charge in [-0.05, 0) is 84.9 Å². The van der Waals surface area contributed by atoms with Gasteiger partial charge in [-0.15, -0.1) is 0 Å². The van der Waals surface area contributed by atoms with Gasteiger partial charge in [0.25, 0.3) is 5.91 Å². The van der Waals surface area contributed by atoms with Gasteiger partial charge in [0.05, 0.1) is 19.2 Å². The van der Waals surface area contributed by atoms with E-state index in [0.29, 0.717) is 36.6 Å². The highest BCUT2D eigenvalue weighted by molar-refractivity contribution is 7.80. The van der Waals surface area contributed by atoms with E-state index in [0.717, 1.165) is 17.7 Å². The van der Waals surface area contributed by atoms with Gasteiger partial charge in [-0.1, -0.05) is 12.1 Å². The molecule has 0 unspecified atom stereocenters. The molecule has 0 spiro atoms. The van der Waals surface area contributed by atoms with Crippen LogP contribution in [0.25, 0.3) is 0 Å². The lowest BCUT2D eigenvalue weighted by Gasteiger charge is -2.24. The molecule has 0 radical (unpaired) electrons. The highest BCUT2D eigenvalue weighted by Gasteiger charge is 2.44. The Morgan fingerprint density at radius 3 is 2.28 bits per heavy atom. The normalized spacial score (nSPS) is 17.2. The van der Waals surface area contributed by atoms with Crippen molar-refractivity contribution in [3.05, 3.63) is 84.2 Å². The molecule has 0 bridgehead atoms. The zero-order valence-corrected chi connectivity index (χ0v) is 22.1. The molecule has 39 heavy (non-hydrogen) atoms.